The van der Waals surface area contributed by atoms with Crippen molar-refractivity contribution in [3.63, 3.8) is 0 Å². The van der Waals surface area contributed by atoms with Crippen molar-refractivity contribution in [2.45, 2.75) is 6.92 Å². The van der Waals surface area contributed by atoms with Crippen LogP contribution in [-0.4, -0.2) is 11.7 Å². The lowest BCUT2D eigenvalue weighted by Gasteiger charge is -1.85. The Bertz CT molecular complexity index is 83.7. The Morgan fingerprint density at radius 2 is 2.00 bits per heavy atom. The molecule has 0 radical (unpaired) electrons. The first-order chi connectivity index (χ1) is 3.18. The number of aliphatic hydroxyl groups is 1. The molecule has 0 fully saturated rings. The van der Waals surface area contributed by atoms with E-state index < -0.39 is 18.3 Å². The molecule has 0 unspecified atom stereocenters. The van der Waals surface area contributed by atoms with Crippen LogP contribution in [0.4, 0.5) is 8.78 Å². The van der Waals surface area contributed by atoms with Crippen molar-refractivity contribution >= 4 is 0 Å². The molecule has 0 saturated heterocycles. The van der Waals surface area contributed by atoms with Gasteiger partial charge in [-0.2, -0.15) is 0 Å². The van der Waals surface area contributed by atoms with Gasteiger partial charge in [0.1, 0.15) is 5.83 Å². The van der Waals surface area contributed by atoms with E-state index in [4.69, 9.17) is 5.11 Å². The molecule has 0 aromatic carbocycles. The number of halogens is 2. The monoisotopic (exact) mass is 108 g/mol. The van der Waals surface area contributed by atoms with E-state index in [-0.39, 0.29) is 0 Å². The Morgan fingerprint density at radius 1 is 1.57 bits per heavy atom. The van der Waals surface area contributed by atoms with Crippen molar-refractivity contribution in [1.82, 2.24) is 0 Å². The summed E-state index contributed by atoms with van der Waals surface area (Å²) < 4.78 is 22.9. The number of aliphatic hydroxyl groups excluding tert-OH is 1. The fourth-order valence-corrected chi connectivity index (χ4v) is 0.109. The molecule has 0 aromatic heterocycles. The summed E-state index contributed by atoms with van der Waals surface area (Å²) in [6, 6.07) is 0. The fraction of sp³-hybridized carbons (Fsp3) is 0.500. The second kappa shape index (κ2) is 2.69. The second-order valence-electron chi connectivity index (χ2n) is 1.10. The molecular formula is C4H6F2O. The number of hydrogen-bond donors (Lipinski definition) is 1. The highest BCUT2D eigenvalue weighted by Gasteiger charge is 1.94. The van der Waals surface area contributed by atoms with Gasteiger partial charge in [0.2, 0.25) is 0 Å². The molecule has 42 valence electrons. The molecule has 0 atom stereocenters. The number of allylic oxidation sites excluding steroid dienone is 1. The summed E-state index contributed by atoms with van der Waals surface area (Å²) in [6.45, 7) is 0.105. The first-order valence-corrected chi connectivity index (χ1v) is 1.80. The van der Waals surface area contributed by atoms with Gasteiger partial charge in [-0.25, -0.2) is 8.78 Å². The van der Waals surface area contributed by atoms with Gasteiger partial charge in [-0.1, -0.05) is 0 Å². The van der Waals surface area contributed by atoms with E-state index in [1.807, 2.05) is 0 Å². The van der Waals surface area contributed by atoms with Crippen LogP contribution in [-0.2, 0) is 0 Å². The van der Waals surface area contributed by atoms with Gasteiger partial charge in [-0.3, -0.25) is 0 Å². The Labute approximate surface area is 40.3 Å². The normalized spacial score (nSPS) is 13.7. The van der Waals surface area contributed by atoms with E-state index in [9.17, 15) is 8.78 Å². The molecule has 0 aromatic rings. The lowest BCUT2D eigenvalue weighted by Crippen LogP contribution is -1.82. The highest BCUT2D eigenvalue weighted by atomic mass is 19.2. The molecule has 0 bridgehead atoms. The van der Waals surface area contributed by atoms with Crippen molar-refractivity contribution in [1.29, 1.82) is 0 Å². The van der Waals surface area contributed by atoms with E-state index in [1.165, 1.54) is 0 Å². The van der Waals surface area contributed by atoms with Gasteiger partial charge in [0.15, 0.2) is 5.83 Å². The van der Waals surface area contributed by atoms with Gasteiger partial charge >= 0.3 is 0 Å². The average Bonchev–Trinajstić information content (AvgIpc) is 1.65. The van der Waals surface area contributed by atoms with Crippen LogP contribution in [0.5, 0.6) is 0 Å². The zero-order valence-electron chi connectivity index (χ0n) is 3.91. The van der Waals surface area contributed by atoms with Crippen LogP contribution in [0.1, 0.15) is 6.92 Å². The SMILES string of the molecule is CC(F)=C(F)CO. The summed E-state index contributed by atoms with van der Waals surface area (Å²) in [5.74, 6) is -2.05. The summed E-state index contributed by atoms with van der Waals surface area (Å²) in [5.41, 5.74) is 0. The molecule has 0 aliphatic heterocycles. The van der Waals surface area contributed by atoms with Crippen LogP contribution in [0.15, 0.2) is 11.7 Å². The van der Waals surface area contributed by atoms with E-state index in [0.29, 0.717) is 0 Å². The molecule has 0 amide bonds. The van der Waals surface area contributed by atoms with Crippen LogP contribution in [0.3, 0.4) is 0 Å². The van der Waals surface area contributed by atoms with E-state index >= 15 is 0 Å². The summed E-state index contributed by atoms with van der Waals surface area (Å²) in [7, 11) is 0. The molecular weight excluding hydrogens is 102 g/mol. The molecule has 0 rings (SSSR count). The van der Waals surface area contributed by atoms with Gasteiger partial charge in [0.25, 0.3) is 0 Å². The van der Waals surface area contributed by atoms with Crippen molar-refractivity contribution in [3.05, 3.63) is 11.7 Å². The van der Waals surface area contributed by atoms with Crippen LogP contribution < -0.4 is 0 Å². The molecule has 0 aliphatic rings. The Morgan fingerprint density at radius 3 is 2.00 bits per heavy atom. The predicted molar refractivity (Wildman–Crippen MR) is 22.0 cm³/mol. The van der Waals surface area contributed by atoms with Crippen molar-refractivity contribution in [2.75, 3.05) is 6.61 Å². The maximum Gasteiger partial charge on any atom is 0.156 e. The summed E-state index contributed by atoms with van der Waals surface area (Å²) in [6.07, 6.45) is 0. The average molecular weight is 108 g/mol. The Balaban J connectivity index is 3.72. The lowest BCUT2D eigenvalue weighted by molar-refractivity contribution is 0.289. The first-order valence-electron chi connectivity index (χ1n) is 1.80. The van der Waals surface area contributed by atoms with E-state index in [0.717, 1.165) is 6.92 Å². The third kappa shape index (κ3) is 2.28. The zero-order valence-corrected chi connectivity index (χ0v) is 3.91. The maximum atomic E-state index is 11.5. The maximum absolute atomic E-state index is 11.5. The van der Waals surface area contributed by atoms with Crippen LogP contribution in [0.2, 0.25) is 0 Å². The van der Waals surface area contributed by atoms with Gasteiger partial charge in [0.05, 0.1) is 6.61 Å². The number of rotatable bonds is 1. The fourth-order valence-electron chi connectivity index (χ4n) is 0.109. The molecule has 0 heterocycles. The van der Waals surface area contributed by atoms with Gasteiger partial charge in [0, 0.05) is 0 Å². The molecule has 0 aliphatic carbocycles. The van der Waals surface area contributed by atoms with Crippen LogP contribution >= 0.6 is 0 Å². The van der Waals surface area contributed by atoms with Gasteiger partial charge in [-0.15, -0.1) is 0 Å². The number of hydrogen-bond acceptors (Lipinski definition) is 1. The molecule has 1 N–H and O–H groups in total. The third-order valence-corrected chi connectivity index (χ3v) is 0.513. The predicted octanol–water partition coefficient (Wildman–Crippen LogP) is 1.15. The Kier molecular flexibility index (Phi) is 2.52. The summed E-state index contributed by atoms with van der Waals surface area (Å²) >= 11 is 0. The minimum atomic E-state index is -1.10. The molecule has 3 heteroatoms. The second-order valence-corrected chi connectivity index (χ2v) is 1.10. The smallest absolute Gasteiger partial charge is 0.156 e. The van der Waals surface area contributed by atoms with E-state index in [1.54, 1.807) is 0 Å². The quantitative estimate of drug-likeness (QED) is 0.534. The van der Waals surface area contributed by atoms with Crippen LogP contribution in [0.25, 0.3) is 0 Å². The standard InChI is InChI=1S/C4H6F2O/c1-3(5)4(6)2-7/h7H,2H2,1H3. The van der Waals surface area contributed by atoms with Crippen molar-refractivity contribution in [3.8, 4) is 0 Å². The zero-order chi connectivity index (χ0) is 5.86. The van der Waals surface area contributed by atoms with Crippen molar-refractivity contribution in [2.24, 2.45) is 0 Å². The molecule has 0 spiro atoms. The van der Waals surface area contributed by atoms with Crippen LogP contribution in [0, 0.1) is 0 Å². The Hall–Kier alpha value is -0.440. The van der Waals surface area contributed by atoms with Gasteiger partial charge in [-0.05, 0) is 6.92 Å². The molecule has 0 saturated carbocycles. The topological polar surface area (TPSA) is 20.2 Å². The van der Waals surface area contributed by atoms with Crippen molar-refractivity contribution < 1.29 is 13.9 Å². The highest BCUT2D eigenvalue weighted by Crippen LogP contribution is 2.03. The highest BCUT2D eigenvalue weighted by molar-refractivity contribution is 4.95. The van der Waals surface area contributed by atoms with E-state index in [2.05, 4.69) is 0 Å². The first kappa shape index (κ1) is 6.56. The lowest BCUT2D eigenvalue weighted by atomic mass is 10.5. The third-order valence-electron chi connectivity index (χ3n) is 0.513. The summed E-state index contributed by atoms with van der Waals surface area (Å²) in [5, 5.41) is 7.83. The van der Waals surface area contributed by atoms with Gasteiger partial charge < -0.3 is 5.11 Å². The molecule has 7 heavy (non-hydrogen) atoms. The largest absolute Gasteiger partial charge is 0.389 e. The minimum Gasteiger partial charge on any atom is -0.389 e. The summed E-state index contributed by atoms with van der Waals surface area (Å²) in [4.78, 5) is 0. The molecule has 1 nitrogen and oxygen atoms in total. The minimum absolute atomic E-state index is 0.845.